The summed E-state index contributed by atoms with van der Waals surface area (Å²) < 4.78 is 12.7. The number of thiol groups is 3. The van der Waals surface area contributed by atoms with Gasteiger partial charge < -0.3 is 30.6 Å². The number of alkyl halides is 3. The summed E-state index contributed by atoms with van der Waals surface area (Å²) in [5.41, 5.74) is 6.03. The number of esters is 3. The fraction of sp³-hybridized carbons (Fsp3) is 0.345. The molecule has 0 aliphatic rings. The Labute approximate surface area is 342 Å². The molecule has 0 bridgehead atoms. The Balaban J connectivity index is -0.000000756. The lowest BCUT2D eigenvalue weighted by molar-refractivity contribution is -0.143. The first-order valence-electron chi connectivity index (χ1n) is 13.4. The van der Waals surface area contributed by atoms with Crippen LogP contribution in [0.5, 0.6) is 0 Å². The number of hydrogen-bond acceptors (Lipinski definition) is 14. The molecule has 0 aliphatic heterocycles. The van der Waals surface area contributed by atoms with Crippen molar-refractivity contribution in [2.75, 3.05) is 38.6 Å². The molecule has 0 aliphatic carbocycles. The van der Waals surface area contributed by atoms with E-state index in [0.29, 0.717) is 5.75 Å². The van der Waals surface area contributed by atoms with Crippen molar-refractivity contribution in [1.82, 2.24) is 10.6 Å². The van der Waals surface area contributed by atoms with Crippen LogP contribution in [-0.2, 0) is 28.6 Å². The van der Waals surface area contributed by atoms with E-state index in [0.717, 1.165) is 0 Å². The Bertz CT molecular complexity index is 1360. The topological polar surface area (TPSA) is 197 Å². The van der Waals surface area contributed by atoms with Crippen LogP contribution in [0.4, 0.5) is 0 Å². The lowest BCUT2D eigenvalue weighted by Crippen LogP contribution is -2.43. The molecular weight excluding hydrogens is 859 g/mol. The number of carbonyl (C=O) groups excluding carboxylic acids is 7. The van der Waals surface area contributed by atoms with Crippen molar-refractivity contribution in [3.63, 3.8) is 0 Å². The quantitative estimate of drug-likeness (QED) is 0.0583. The third-order valence-corrected chi connectivity index (χ3v) is 6.91. The van der Waals surface area contributed by atoms with E-state index in [1.165, 1.54) is 63.8 Å². The van der Waals surface area contributed by atoms with Crippen molar-refractivity contribution >= 4 is 149 Å². The van der Waals surface area contributed by atoms with Gasteiger partial charge in [0, 0.05) is 39.5 Å². The van der Waals surface area contributed by atoms with Gasteiger partial charge in [-0.2, -0.15) is 37.9 Å². The second-order valence-corrected chi connectivity index (χ2v) is 12.5. The molecule has 3 atom stereocenters. The van der Waals surface area contributed by atoms with E-state index in [4.69, 9.17) is 63.7 Å². The molecule has 0 spiro atoms. The maximum absolute atomic E-state index is 12.3. The van der Waals surface area contributed by atoms with E-state index >= 15 is 0 Å². The number of benzene rings is 2. The van der Waals surface area contributed by atoms with Gasteiger partial charge in [-0.25, -0.2) is 9.59 Å². The molecule has 0 saturated heterocycles. The summed E-state index contributed by atoms with van der Waals surface area (Å²) in [6.07, 6.45) is 0. The van der Waals surface area contributed by atoms with Crippen molar-refractivity contribution in [3.05, 3.63) is 70.8 Å². The van der Waals surface area contributed by atoms with Crippen LogP contribution in [0, 0.1) is 0 Å². The van der Waals surface area contributed by atoms with Gasteiger partial charge in [-0.1, -0.05) is 59.1 Å². The van der Waals surface area contributed by atoms with Gasteiger partial charge in [0.25, 0.3) is 22.3 Å². The largest absolute Gasteiger partial charge is 0.468 e. The van der Waals surface area contributed by atoms with Gasteiger partial charge in [0.15, 0.2) is 4.30 Å². The van der Waals surface area contributed by atoms with Crippen LogP contribution in [0.15, 0.2) is 48.5 Å². The standard InChI is InChI=1S/C16H20N2O6S2.C8H4Cl2O2.C4H9NO2S.CHCl3.ClH/c1-23-15(21)11(7-25)17-13(19)9-4-3-5-10(6-9)14(20)18-12(8-26)16(22)24-2;9-7(11)5-2-1-3-6(4-5)8(10)12;1-7-4(6)3(5)2-8;2-1(3)4;/h3-6,11-12,25-26H,7-8H2,1-2H3,(H,17,19)(H,18,20);1-4H;3,8H,2,5H2,1H3;1H;1H/t11-,12-;;3-;;/m0.0../s1. The minimum atomic E-state index is -0.916. The van der Waals surface area contributed by atoms with Crippen molar-refractivity contribution in [2.45, 2.75) is 22.4 Å². The highest BCUT2D eigenvalue weighted by atomic mass is 35.6. The molecule has 2 aromatic carbocycles. The van der Waals surface area contributed by atoms with Crippen LogP contribution in [0.25, 0.3) is 0 Å². The Morgan fingerprint density at radius 1 is 0.627 bits per heavy atom. The molecule has 13 nitrogen and oxygen atoms in total. The third kappa shape index (κ3) is 23.2. The fourth-order valence-electron chi connectivity index (χ4n) is 2.92. The van der Waals surface area contributed by atoms with Crippen LogP contribution < -0.4 is 16.4 Å². The minimum absolute atomic E-state index is 0. The Hall–Kier alpha value is -2.12. The zero-order valence-electron chi connectivity index (χ0n) is 26.8. The molecule has 286 valence electrons. The van der Waals surface area contributed by atoms with Gasteiger partial charge in [-0.05, 0) is 47.5 Å². The van der Waals surface area contributed by atoms with E-state index in [2.05, 4.69) is 62.7 Å². The number of hydrogen-bond donors (Lipinski definition) is 6. The summed E-state index contributed by atoms with van der Waals surface area (Å²) in [5.74, 6) is -2.37. The van der Waals surface area contributed by atoms with Crippen LogP contribution in [-0.4, -0.2) is 101 Å². The third-order valence-electron chi connectivity index (χ3n) is 5.35. The van der Waals surface area contributed by atoms with Gasteiger partial charge in [-0.15, -0.1) is 12.4 Å². The molecule has 22 heteroatoms. The minimum Gasteiger partial charge on any atom is -0.468 e. The fourth-order valence-corrected chi connectivity index (χ4v) is 3.78. The maximum Gasteiger partial charge on any atom is 0.329 e. The number of nitrogens with two attached hydrogens (primary N) is 1. The molecule has 0 heterocycles. The van der Waals surface area contributed by atoms with Crippen molar-refractivity contribution in [1.29, 1.82) is 0 Å². The Morgan fingerprint density at radius 2 is 0.922 bits per heavy atom. The average molecular weight is 895 g/mol. The molecule has 2 aromatic rings. The van der Waals surface area contributed by atoms with Gasteiger partial charge in [0.05, 0.1) is 21.3 Å². The van der Waals surface area contributed by atoms with Crippen LogP contribution in [0.2, 0.25) is 0 Å². The second-order valence-electron chi connectivity index (χ2n) is 8.73. The SMILES string of the molecule is COC(=O)[C@@H](N)CS.COC(=O)[C@H](CS)NC(=O)c1cccc(C(=O)N[C@@H](CS)C(=O)OC)c1.Cl.ClC(Cl)Cl.O=C(Cl)c1cccc(C(=O)Cl)c1. The van der Waals surface area contributed by atoms with Crippen molar-refractivity contribution in [3.8, 4) is 0 Å². The summed E-state index contributed by atoms with van der Waals surface area (Å²) >= 11 is 36.6. The zero-order valence-corrected chi connectivity index (χ0v) is 34.1. The summed E-state index contributed by atoms with van der Waals surface area (Å²) in [6, 6.07) is 9.32. The number of ether oxygens (including phenoxy) is 3. The van der Waals surface area contributed by atoms with Gasteiger partial charge in [-0.3, -0.25) is 24.0 Å². The first kappa shape index (κ1) is 53.2. The Morgan fingerprint density at radius 3 is 1.16 bits per heavy atom. The molecule has 0 radical (unpaired) electrons. The predicted molar refractivity (Wildman–Crippen MR) is 210 cm³/mol. The molecule has 51 heavy (non-hydrogen) atoms. The number of rotatable bonds is 12. The van der Waals surface area contributed by atoms with Crippen LogP contribution >= 0.6 is 108 Å². The van der Waals surface area contributed by atoms with Gasteiger partial charge >= 0.3 is 17.9 Å². The first-order chi connectivity index (χ1) is 23.4. The first-order valence-corrected chi connectivity index (χ1v) is 17.4. The summed E-state index contributed by atoms with van der Waals surface area (Å²) in [5, 5.41) is 3.74. The second kappa shape index (κ2) is 30.4. The number of carbonyl (C=O) groups is 7. The highest BCUT2D eigenvalue weighted by Crippen LogP contribution is 2.10. The molecule has 0 unspecified atom stereocenters. The lowest BCUT2D eigenvalue weighted by Gasteiger charge is -2.15. The molecule has 2 rings (SSSR count). The van der Waals surface area contributed by atoms with E-state index in [1.54, 1.807) is 6.07 Å². The zero-order chi connectivity index (χ0) is 39.0. The van der Waals surface area contributed by atoms with E-state index in [9.17, 15) is 33.6 Å². The lowest BCUT2D eigenvalue weighted by atomic mass is 10.1. The molecule has 0 aromatic heterocycles. The van der Waals surface area contributed by atoms with Crippen molar-refractivity contribution in [2.24, 2.45) is 5.73 Å². The monoisotopic (exact) mass is 891 g/mol. The number of nitrogens with one attached hydrogen (secondary N) is 2. The number of amides is 2. The normalized spacial score (nSPS) is 11.3. The molecular formula is C29H35Cl6N3O10S3. The average Bonchev–Trinajstić information content (AvgIpc) is 3.11. The summed E-state index contributed by atoms with van der Waals surface area (Å²) in [4.78, 5) is 79.2. The van der Waals surface area contributed by atoms with Crippen molar-refractivity contribution < 1.29 is 47.8 Å². The van der Waals surface area contributed by atoms with Crippen LogP contribution in [0.1, 0.15) is 41.4 Å². The molecule has 0 saturated carbocycles. The van der Waals surface area contributed by atoms with Crippen LogP contribution in [0.3, 0.4) is 0 Å². The summed E-state index contributed by atoms with van der Waals surface area (Å²) in [6.45, 7) is 0. The molecule has 2 amide bonds. The highest BCUT2D eigenvalue weighted by molar-refractivity contribution is 7.80. The van der Waals surface area contributed by atoms with Gasteiger partial charge in [0.1, 0.15) is 18.1 Å². The van der Waals surface area contributed by atoms with E-state index < -0.39 is 62.6 Å². The smallest absolute Gasteiger partial charge is 0.329 e. The number of methoxy groups -OCH3 is 3. The Kier molecular flexibility index (Phi) is 31.7. The maximum atomic E-state index is 12.3. The molecule has 4 N–H and O–H groups in total. The molecule has 0 fully saturated rings. The van der Waals surface area contributed by atoms with E-state index in [1.807, 2.05) is 0 Å². The number of halogens is 6. The van der Waals surface area contributed by atoms with E-state index in [-0.39, 0.29) is 46.2 Å². The summed E-state index contributed by atoms with van der Waals surface area (Å²) in [7, 11) is 3.70. The van der Waals surface area contributed by atoms with Gasteiger partial charge in [0.2, 0.25) is 0 Å². The highest BCUT2D eigenvalue weighted by Gasteiger charge is 2.23. The predicted octanol–water partition coefficient (Wildman–Crippen LogP) is 4.36.